The minimum atomic E-state index is -2.60. The van der Waals surface area contributed by atoms with Crippen molar-refractivity contribution in [3.63, 3.8) is 0 Å². The highest BCUT2D eigenvalue weighted by molar-refractivity contribution is 4.53. The van der Waals surface area contributed by atoms with Crippen LogP contribution in [0.2, 0.25) is 0 Å². The van der Waals surface area contributed by atoms with Crippen LogP contribution in [0.25, 0.3) is 0 Å². The van der Waals surface area contributed by atoms with Crippen LogP contribution >= 0.6 is 0 Å². The second kappa shape index (κ2) is 4.59. The van der Waals surface area contributed by atoms with Crippen LogP contribution in [-0.4, -0.2) is 40.9 Å². The molecule has 10 heavy (non-hydrogen) atoms. The van der Waals surface area contributed by atoms with Crippen molar-refractivity contribution in [2.24, 2.45) is 5.73 Å². The van der Waals surface area contributed by atoms with E-state index < -0.39 is 5.97 Å². The quantitative estimate of drug-likeness (QED) is 0.221. The number of aliphatic hydroxyl groups is 3. The van der Waals surface area contributed by atoms with E-state index in [1.165, 1.54) is 0 Å². The van der Waals surface area contributed by atoms with Crippen LogP contribution in [0.5, 0.6) is 0 Å². The van der Waals surface area contributed by atoms with Crippen molar-refractivity contribution in [1.29, 1.82) is 0 Å². The molecule has 5 nitrogen and oxygen atoms in total. The first-order valence-corrected chi connectivity index (χ1v) is 3.14. The molecule has 0 aliphatic rings. The Balaban J connectivity index is 3.04. The van der Waals surface area contributed by atoms with E-state index in [0.29, 0.717) is 13.1 Å². The van der Waals surface area contributed by atoms with Crippen molar-refractivity contribution < 1.29 is 15.3 Å². The van der Waals surface area contributed by atoms with E-state index in [-0.39, 0.29) is 6.54 Å². The molecule has 0 aliphatic heterocycles. The maximum atomic E-state index is 8.33. The number of nitrogens with two attached hydrogens (primary N) is 1. The molecule has 0 rings (SSSR count). The Hall–Kier alpha value is -0.200. The summed E-state index contributed by atoms with van der Waals surface area (Å²) >= 11 is 0. The third-order valence-corrected chi connectivity index (χ3v) is 0.920. The van der Waals surface area contributed by atoms with Crippen LogP contribution in [0.15, 0.2) is 0 Å². The average Bonchev–Trinajstić information content (AvgIpc) is 1.78. The fourth-order valence-electron chi connectivity index (χ4n) is 0.483. The predicted octanol–water partition coefficient (Wildman–Crippen LogP) is -2.44. The Kier molecular flexibility index (Phi) is 4.50. The molecule has 0 spiro atoms. The SMILES string of the molecule is NCCCNCC(O)(O)O. The third-order valence-electron chi connectivity index (χ3n) is 0.920. The van der Waals surface area contributed by atoms with Gasteiger partial charge in [0.05, 0.1) is 6.54 Å². The van der Waals surface area contributed by atoms with Crippen molar-refractivity contribution in [2.75, 3.05) is 19.6 Å². The van der Waals surface area contributed by atoms with Crippen LogP contribution in [0.1, 0.15) is 6.42 Å². The molecule has 0 saturated carbocycles. The van der Waals surface area contributed by atoms with Gasteiger partial charge in [-0.15, -0.1) is 0 Å². The van der Waals surface area contributed by atoms with Crippen LogP contribution < -0.4 is 11.1 Å². The maximum absolute atomic E-state index is 8.33. The van der Waals surface area contributed by atoms with E-state index >= 15 is 0 Å². The van der Waals surface area contributed by atoms with Crippen molar-refractivity contribution >= 4 is 0 Å². The first-order chi connectivity index (χ1) is 4.56. The van der Waals surface area contributed by atoms with E-state index in [9.17, 15) is 0 Å². The van der Waals surface area contributed by atoms with Gasteiger partial charge in [0.15, 0.2) is 0 Å². The lowest BCUT2D eigenvalue weighted by molar-refractivity contribution is -0.306. The molecule has 62 valence electrons. The van der Waals surface area contributed by atoms with Crippen LogP contribution in [0.4, 0.5) is 0 Å². The van der Waals surface area contributed by atoms with E-state index in [4.69, 9.17) is 21.1 Å². The van der Waals surface area contributed by atoms with Crippen molar-refractivity contribution in [2.45, 2.75) is 12.4 Å². The Labute approximate surface area is 59.5 Å². The van der Waals surface area contributed by atoms with Crippen LogP contribution in [0.3, 0.4) is 0 Å². The van der Waals surface area contributed by atoms with Crippen molar-refractivity contribution in [3.8, 4) is 0 Å². The fourth-order valence-corrected chi connectivity index (χ4v) is 0.483. The van der Waals surface area contributed by atoms with Crippen molar-refractivity contribution in [1.82, 2.24) is 5.32 Å². The molecule has 5 heteroatoms. The number of nitrogens with one attached hydrogen (secondary N) is 1. The summed E-state index contributed by atoms with van der Waals surface area (Å²) < 4.78 is 0. The summed E-state index contributed by atoms with van der Waals surface area (Å²) in [7, 11) is 0. The van der Waals surface area contributed by atoms with Gasteiger partial charge in [-0.25, -0.2) is 0 Å². The van der Waals surface area contributed by atoms with Gasteiger partial charge in [0.2, 0.25) is 0 Å². The summed E-state index contributed by atoms with van der Waals surface area (Å²) in [4.78, 5) is 0. The lowest BCUT2D eigenvalue weighted by Gasteiger charge is -2.13. The fraction of sp³-hybridized carbons (Fsp3) is 1.00. The molecule has 0 atom stereocenters. The summed E-state index contributed by atoms with van der Waals surface area (Å²) in [5.41, 5.74) is 5.15. The molecule has 0 fully saturated rings. The smallest absolute Gasteiger partial charge is 0.288 e. The topological polar surface area (TPSA) is 98.7 Å². The maximum Gasteiger partial charge on any atom is 0.288 e. The second-order valence-electron chi connectivity index (χ2n) is 2.09. The van der Waals surface area contributed by atoms with Gasteiger partial charge in [0.1, 0.15) is 0 Å². The predicted molar refractivity (Wildman–Crippen MR) is 35.9 cm³/mol. The monoisotopic (exact) mass is 150 g/mol. The summed E-state index contributed by atoms with van der Waals surface area (Å²) in [6, 6.07) is 0. The van der Waals surface area contributed by atoms with Crippen molar-refractivity contribution in [3.05, 3.63) is 0 Å². The molecule has 0 heterocycles. The molecule has 0 aliphatic carbocycles. The third kappa shape index (κ3) is 7.80. The van der Waals surface area contributed by atoms with E-state index in [2.05, 4.69) is 5.32 Å². The molecular formula is C5H14N2O3. The van der Waals surface area contributed by atoms with Gasteiger partial charge < -0.3 is 26.4 Å². The van der Waals surface area contributed by atoms with Gasteiger partial charge in [-0.3, -0.25) is 0 Å². The Morgan fingerprint density at radius 3 is 2.30 bits per heavy atom. The number of hydrogen-bond donors (Lipinski definition) is 5. The first kappa shape index (κ1) is 9.80. The molecule has 0 bridgehead atoms. The highest BCUT2D eigenvalue weighted by atomic mass is 16.7. The van der Waals surface area contributed by atoms with Gasteiger partial charge in [-0.1, -0.05) is 0 Å². The molecule has 0 amide bonds. The summed E-state index contributed by atoms with van der Waals surface area (Å²) in [6.07, 6.45) is 0.746. The van der Waals surface area contributed by atoms with Crippen LogP contribution in [0, 0.1) is 0 Å². The van der Waals surface area contributed by atoms with Crippen LogP contribution in [-0.2, 0) is 0 Å². The van der Waals surface area contributed by atoms with Gasteiger partial charge in [-0.05, 0) is 19.5 Å². The zero-order valence-electron chi connectivity index (χ0n) is 5.75. The zero-order valence-corrected chi connectivity index (χ0v) is 5.75. The molecule has 0 aromatic carbocycles. The summed E-state index contributed by atoms with van der Waals surface area (Å²) in [6.45, 7) is 0.856. The summed E-state index contributed by atoms with van der Waals surface area (Å²) in [5.74, 6) is -2.60. The average molecular weight is 150 g/mol. The first-order valence-electron chi connectivity index (χ1n) is 3.14. The largest absolute Gasteiger partial charge is 0.343 e. The molecule has 0 aromatic heterocycles. The Morgan fingerprint density at radius 1 is 1.30 bits per heavy atom. The Morgan fingerprint density at radius 2 is 1.90 bits per heavy atom. The minimum absolute atomic E-state index is 0.257. The highest BCUT2D eigenvalue weighted by Crippen LogP contribution is 1.87. The van der Waals surface area contributed by atoms with E-state index in [0.717, 1.165) is 6.42 Å². The van der Waals surface area contributed by atoms with E-state index in [1.54, 1.807) is 0 Å². The normalized spacial score (nSPS) is 12.0. The second-order valence-corrected chi connectivity index (χ2v) is 2.09. The highest BCUT2D eigenvalue weighted by Gasteiger charge is 2.15. The molecule has 6 N–H and O–H groups in total. The molecule has 0 saturated heterocycles. The van der Waals surface area contributed by atoms with Gasteiger partial charge >= 0.3 is 0 Å². The molecular weight excluding hydrogens is 136 g/mol. The summed E-state index contributed by atoms with van der Waals surface area (Å²) in [5, 5.41) is 27.6. The Bertz CT molecular complexity index is 81.5. The van der Waals surface area contributed by atoms with Gasteiger partial charge in [-0.2, -0.15) is 0 Å². The number of hydrogen-bond acceptors (Lipinski definition) is 5. The standard InChI is InChI=1S/C5H14N2O3/c6-2-1-3-7-4-5(8,9)10/h7-10H,1-4,6H2. The number of rotatable bonds is 5. The minimum Gasteiger partial charge on any atom is -0.343 e. The zero-order chi connectivity index (χ0) is 8.04. The lowest BCUT2D eigenvalue weighted by Crippen LogP contribution is -2.40. The van der Waals surface area contributed by atoms with Gasteiger partial charge in [0.25, 0.3) is 5.97 Å². The molecule has 0 unspecified atom stereocenters. The molecule has 0 aromatic rings. The molecule has 0 radical (unpaired) electrons. The van der Waals surface area contributed by atoms with Gasteiger partial charge in [0, 0.05) is 0 Å². The lowest BCUT2D eigenvalue weighted by atomic mass is 10.4. The van der Waals surface area contributed by atoms with E-state index in [1.807, 2.05) is 0 Å².